The standard InChI is InChI=1S/C13H18OS/c1-13(2,3)12-6-5-10-8-15(4,14)9-11(10)7-12/h5-7H,4,8-9H2,1-3H3. The van der Waals surface area contributed by atoms with E-state index in [0.29, 0.717) is 11.5 Å². The monoisotopic (exact) mass is 222 g/mol. The van der Waals surface area contributed by atoms with Crippen LogP contribution < -0.4 is 0 Å². The molecular formula is C13H18OS. The fraction of sp³-hybridized carbons (Fsp3) is 0.462. The zero-order valence-corrected chi connectivity index (χ0v) is 10.5. The van der Waals surface area contributed by atoms with Crippen LogP contribution in [0.2, 0.25) is 0 Å². The molecule has 1 aliphatic heterocycles. The third-order valence-electron chi connectivity index (χ3n) is 2.91. The molecular weight excluding hydrogens is 204 g/mol. The predicted molar refractivity (Wildman–Crippen MR) is 67.8 cm³/mol. The second-order valence-electron chi connectivity index (χ2n) is 5.49. The van der Waals surface area contributed by atoms with E-state index in [-0.39, 0.29) is 5.41 Å². The molecule has 0 saturated carbocycles. The molecule has 1 aromatic carbocycles. The molecule has 1 nitrogen and oxygen atoms in total. The van der Waals surface area contributed by atoms with Gasteiger partial charge in [0.05, 0.1) is 0 Å². The Balaban J connectivity index is 2.48. The second-order valence-corrected chi connectivity index (χ2v) is 8.00. The van der Waals surface area contributed by atoms with Crippen LogP contribution in [0, 0.1) is 0 Å². The summed E-state index contributed by atoms with van der Waals surface area (Å²) in [4.78, 5) is 0. The fourth-order valence-corrected chi connectivity index (χ4v) is 3.77. The lowest BCUT2D eigenvalue weighted by Gasteiger charge is -2.19. The molecule has 2 rings (SSSR count). The van der Waals surface area contributed by atoms with E-state index >= 15 is 0 Å². The normalized spacial score (nSPS) is 25.3. The summed E-state index contributed by atoms with van der Waals surface area (Å²) in [5.41, 5.74) is 3.95. The van der Waals surface area contributed by atoms with E-state index in [1.807, 2.05) is 0 Å². The number of fused-ring (bicyclic) bond motifs is 1. The molecule has 0 spiro atoms. The number of hydrogen-bond acceptors (Lipinski definition) is 1. The first-order chi connectivity index (χ1) is 6.78. The van der Waals surface area contributed by atoms with Crippen LogP contribution in [0.5, 0.6) is 0 Å². The Kier molecular flexibility index (Phi) is 2.23. The third-order valence-corrected chi connectivity index (χ3v) is 4.58. The molecule has 0 bridgehead atoms. The van der Waals surface area contributed by atoms with Crippen molar-refractivity contribution >= 4 is 15.4 Å². The lowest BCUT2D eigenvalue weighted by atomic mass is 9.85. The fourth-order valence-electron chi connectivity index (χ4n) is 1.99. The van der Waals surface area contributed by atoms with Gasteiger partial charge in [0.1, 0.15) is 0 Å². The summed E-state index contributed by atoms with van der Waals surface area (Å²) in [7, 11) is -1.87. The lowest BCUT2D eigenvalue weighted by Crippen LogP contribution is -2.11. The van der Waals surface area contributed by atoms with E-state index in [1.165, 1.54) is 16.7 Å². The van der Waals surface area contributed by atoms with Crippen LogP contribution >= 0.6 is 0 Å². The van der Waals surface area contributed by atoms with E-state index in [2.05, 4.69) is 44.8 Å². The van der Waals surface area contributed by atoms with Crippen LogP contribution in [0.4, 0.5) is 0 Å². The molecule has 15 heavy (non-hydrogen) atoms. The Morgan fingerprint density at radius 1 is 1.20 bits per heavy atom. The van der Waals surface area contributed by atoms with Gasteiger partial charge in [0, 0.05) is 11.5 Å². The maximum Gasteiger partial charge on any atom is 0.0416 e. The van der Waals surface area contributed by atoms with E-state index < -0.39 is 9.52 Å². The Hall–Kier alpha value is -0.760. The van der Waals surface area contributed by atoms with Gasteiger partial charge in [-0.2, -0.15) is 0 Å². The quantitative estimate of drug-likeness (QED) is 0.617. The SMILES string of the molecule is C=S1(=O)Cc2ccc(C(C)(C)C)cc2C1. The minimum absolute atomic E-state index is 0.166. The molecule has 1 aromatic rings. The molecule has 1 unspecified atom stereocenters. The zero-order valence-electron chi connectivity index (χ0n) is 9.67. The summed E-state index contributed by atoms with van der Waals surface area (Å²) in [6, 6.07) is 6.47. The van der Waals surface area contributed by atoms with E-state index in [1.54, 1.807) is 0 Å². The lowest BCUT2D eigenvalue weighted by molar-refractivity contribution is 0.589. The maximum atomic E-state index is 11.9. The van der Waals surface area contributed by atoms with Crippen LogP contribution in [0.15, 0.2) is 18.2 Å². The number of benzene rings is 1. The molecule has 0 radical (unpaired) electrons. The molecule has 0 saturated heterocycles. The molecule has 2 heteroatoms. The molecule has 1 heterocycles. The zero-order chi connectivity index (χ0) is 11.3. The van der Waals surface area contributed by atoms with E-state index in [9.17, 15) is 4.21 Å². The van der Waals surface area contributed by atoms with Crippen molar-refractivity contribution in [3.05, 3.63) is 34.9 Å². The van der Waals surface area contributed by atoms with Crippen molar-refractivity contribution in [3.63, 3.8) is 0 Å². The summed E-state index contributed by atoms with van der Waals surface area (Å²) in [5, 5.41) is 0. The van der Waals surface area contributed by atoms with Crippen molar-refractivity contribution in [3.8, 4) is 0 Å². The number of rotatable bonds is 0. The summed E-state index contributed by atoms with van der Waals surface area (Å²) in [6.45, 7) is 6.60. The van der Waals surface area contributed by atoms with Gasteiger partial charge in [-0.15, -0.1) is 0 Å². The van der Waals surface area contributed by atoms with Crippen LogP contribution in [-0.2, 0) is 26.4 Å². The van der Waals surface area contributed by atoms with Gasteiger partial charge in [-0.05, 0) is 37.5 Å². The van der Waals surface area contributed by atoms with Crippen LogP contribution in [0.1, 0.15) is 37.5 Å². The molecule has 0 amide bonds. The summed E-state index contributed by atoms with van der Waals surface area (Å²) in [6.07, 6.45) is 0. The maximum absolute atomic E-state index is 11.9. The van der Waals surface area contributed by atoms with Crippen molar-refractivity contribution in [2.75, 3.05) is 0 Å². The van der Waals surface area contributed by atoms with Crippen molar-refractivity contribution in [2.45, 2.75) is 37.7 Å². The van der Waals surface area contributed by atoms with Gasteiger partial charge in [-0.3, -0.25) is 4.21 Å². The van der Waals surface area contributed by atoms with Crippen LogP contribution in [0.3, 0.4) is 0 Å². The smallest absolute Gasteiger partial charge is 0.0416 e. The van der Waals surface area contributed by atoms with Crippen LogP contribution in [-0.4, -0.2) is 10.1 Å². The molecule has 0 aliphatic carbocycles. The Bertz CT molecular complexity index is 490. The summed E-state index contributed by atoms with van der Waals surface area (Å²) < 4.78 is 11.9. The Labute approximate surface area is 92.5 Å². The average Bonchev–Trinajstić information content (AvgIpc) is 2.34. The van der Waals surface area contributed by atoms with Gasteiger partial charge in [0.25, 0.3) is 0 Å². The summed E-state index contributed by atoms with van der Waals surface area (Å²) >= 11 is 0. The first-order valence-corrected chi connectivity index (χ1v) is 7.29. The highest BCUT2D eigenvalue weighted by Gasteiger charge is 2.22. The van der Waals surface area contributed by atoms with Gasteiger partial charge >= 0.3 is 0 Å². The second kappa shape index (κ2) is 3.11. The van der Waals surface area contributed by atoms with Gasteiger partial charge in [-0.1, -0.05) is 39.0 Å². The van der Waals surface area contributed by atoms with Gasteiger partial charge < -0.3 is 0 Å². The van der Waals surface area contributed by atoms with Gasteiger partial charge in [0.15, 0.2) is 0 Å². The van der Waals surface area contributed by atoms with Crippen molar-refractivity contribution in [1.82, 2.24) is 0 Å². The van der Waals surface area contributed by atoms with Crippen molar-refractivity contribution in [2.24, 2.45) is 0 Å². The molecule has 0 fully saturated rings. The third kappa shape index (κ3) is 2.10. The predicted octanol–water partition coefficient (Wildman–Crippen LogP) is 2.71. The Morgan fingerprint density at radius 2 is 1.80 bits per heavy atom. The van der Waals surface area contributed by atoms with Crippen molar-refractivity contribution < 1.29 is 4.21 Å². The summed E-state index contributed by atoms with van der Waals surface area (Å²) in [5.74, 6) is 5.12. The molecule has 0 N–H and O–H groups in total. The molecule has 0 aromatic heterocycles. The minimum atomic E-state index is -1.87. The minimum Gasteiger partial charge on any atom is -0.267 e. The van der Waals surface area contributed by atoms with E-state index in [4.69, 9.17) is 0 Å². The van der Waals surface area contributed by atoms with Gasteiger partial charge in [-0.25, -0.2) is 0 Å². The Morgan fingerprint density at radius 3 is 2.40 bits per heavy atom. The highest BCUT2D eigenvalue weighted by Crippen LogP contribution is 2.30. The first kappa shape index (κ1) is 10.7. The first-order valence-electron chi connectivity index (χ1n) is 5.23. The van der Waals surface area contributed by atoms with Crippen LogP contribution in [0.25, 0.3) is 0 Å². The molecule has 1 atom stereocenters. The molecule has 82 valence electrons. The van der Waals surface area contributed by atoms with E-state index in [0.717, 1.165) is 0 Å². The topological polar surface area (TPSA) is 17.1 Å². The van der Waals surface area contributed by atoms with Gasteiger partial charge in [0.2, 0.25) is 0 Å². The molecule has 1 aliphatic rings. The highest BCUT2D eigenvalue weighted by atomic mass is 32.2. The largest absolute Gasteiger partial charge is 0.267 e. The van der Waals surface area contributed by atoms with Crippen molar-refractivity contribution in [1.29, 1.82) is 0 Å². The highest BCUT2D eigenvalue weighted by molar-refractivity contribution is 7.99. The number of hydrogen-bond donors (Lipinski definition) is 0. The average molecular weight is 222 g/mol.